The van der Waals surface area contributed by atoms with Gasteiger partial charge in [0.25, 0.3) is 6.47 Å². The second-order valence-corrected chi connectivity index (χ2v) is 0.105. The van der Waals surface area contributed by atoms with E-state index in [1.165, 1.54) is 0 Å². The zero-order valence-corrected chi connectivity index (χ0v) is 5.62. The fourth-order valence-electron chi connectivity index (χ4n) is 0. The van der Waals surface area contributed by atoms with Crippen molar-refractivity contribution in [3.05, 3.63) is 0 Å². The van der Waals surface area contributed by atoms with Gasteiger partial charge in [0, 0.05) is 45.5 Å². The van der Waals surface area contributed by atoms with Crippen LogP contribution in [0.1, 0.15) is 0 Å². The Morgan fingerprint density at radius 1 is 1.75 bits per heavy atom. The van der Waals surface area contributed by atoms with Gasteiger partial charge in [0.1, 0.15) is 0 Å². The van der Waals surface area contributed by atoms with E-state index in [0.29, 0.717) is 0 Å². The summed E-state index contributed by atoms with van der Waals surface area (Å²) < 4.78 is 0. The summed E-state index contributed by atoms with van der Waals surface area (Å²) in [6.45, 7) is -0.250. The molecule has 0 aromatic rings. The van der Waals surface area contributed by atoms with Gasteiger partial charge in [-0.2, -0.15) is 0 Å². The van der Waals surface area contributed by atoms with E-state index in [4.69, 9.17) is 9.90 Å². The van der Waals surface area contributed by atoms with Crippen LogP contribution < -0.4 is 0 Å². The molecule has 2 radical (unpaired) electrons. The molecule has 0 aliphatic heterocycles. The average molecular weight is 134 g/mol. The third-order valence-electron chi connectivity index (χ3n) is 0. The van der Waals surface area contributed by atoms with Crippen molar-refractivity contribution >= 4 is 52.0 Å². The van der Waals surface area contributed by atoms with E-state index < -0.39 is 0 Å². The Morgan fingerprint density at radius 2 is 1.75 bits per heavy atom. The average Bonchev–Trinajstić information content (AvgIpc) is 0.918. The molecular formula is CH2O2Sr. The van der Waals surface area contributed by atoms with Gasteiger partial charge in [-0.3, -0.25) is 4.79 Å². The summed E-state index contributed by atoms with van der Waals surface area (Å²) in [5, 5.41) is 6.89. The molecule has 0 atom stereocenters. The van der Waals surface area contributed by atoms with Crippen LogP contribution in [-0.2, 0) is 4.79 Å². The van der Waals surface area contributed by atoms with Gasteiger partial charge in [-0.25, -0.2) is 0 Å². The maximum absolute atomic E-state index is 8.36. The predicted octanol–water partition coefficient (Wildman–Crippen LogP) is -0.680. The molecule has 0 bridgehead atoms. The molecule has 0 saturated heterocycles. The normalized spacial score (nSPS) is 3.00. The molecule has 0 aliphatic carbocycles. The Hall–Kier alpha value is 0.951. The topological polar surface area (TPSA) is 37.3 Å². The first-order chi connectivity index (χ1) is 1.41. The largest absolute Gasteiger partial charge is 0.483 e. The summed E-state index contributed by atoms with van der Waals surface area (Å²) in [4.78, 5) is 8.36. The first-order valence-corrected chi connectivity index (χ1v) is 0.494. The summed E-state index contributed by atoms with van der Waals surface area (Å²) in [7, 11) is 0. The van der Waals surface area contributed by atoms with Crippen LogP contribution in [0.15, 0.2) is 0 Å². The van der Waals surface area contributed by atoms with E-state index in [1.807, 2.05) is 0 Å². The van der Waals surface area contributed by atoms with Gasteiger partial charge in [0.05, 0.1) is 0 Å². The van der Waals surface area contributed by atoms with E-state index in [9.17, 15) is 0 Å². The Labute approximate surface area is 61.1 Å². The van der Waals surface area contributed by atoms with Crippen molar-refractivity contribution in [3.8, 4) is 0 Å². The molecule has 0 amide bonds. The molecule has 0 aromatic carbocycles. The van der Waals surface area contributed by atoms with Crippen LogP contribution in [-0.4, -0.2) is 57.1 Å². The zero-order valence-electron chi connectivity index (χ0n) is 2.14. The van der Waals surface area contributed by atoms with Crippen LogP contribution in [0.5, 0.6) is 0 Å². The van der Waals surface area contributed by atoms with Crippen LogP contribution in [0.25, 0.3) is 0 Å². The summed E-state index contributed by atoms with van der Waals surface area (Å²) in [6, 6.07) is 0. The Balaban J connectivity index is 0. The molecule has 0 rings (SSSR count). The van der Waals surface area contributed by atoms with E-state index in [1.54, 1.807) is 0 Å². The Bertz CT molecular complexity index is 13.5. The third-order valence-corrected chi connectivity index (χ3v) is 0. The molecular weight excluding hydrogens is 132 g/mol. The Morgan fingerprint density at radius 3 is 1.75 bits per heavy atom. The third kappa shape index (κ3) is 12.4. The maximum atomic E-state index is 8.36. The van der Waals surface area contributed by atoms with Crippen molar-refractivity contribution in [2.45, 2.75) is 0 Å². The van der Waals surface area contributed by atoms with Crippen molar-refractivity contribution in [1.29, 1.82) is 0 Å². The summed E-state index contributed by atoms with van der Waals surface area (Å²) in [5.74, 6) is 0. The molecule has 0 unspecified atom stereocenters. The molecule has 2 nitrogen and oxygen atoms in total. The van der Waals surface area contributed by atoms with Crippen molar-refractivity contribution in [2.24, 2.45) is 0 Å². The number of carbonyl (C=O) groups is 1. The van der Waals surface area contributed by atoms with Crippen LogP contribution in [0.4, 0.5) is 0 Å². The Kier molecular flexibility index (Phi) is 20.1. The van der Waals surface area contributed by atoms with Crippen LogP contribution >= 0.6 is 0 Å². The van der Waals surface area contributed by atoms with Crippen molar-refractivity contribution in [3.63, 3.8) is 0 Å². The van der Waals surface area contributed by atoms with Crippen molar-refractivity contribution in [2.75, 3.05) is 0 Å². The minimum atomic E-state index is -0.250. The molecule has 1 N–H and O–H groups in total. The van der Waals surface area contributed by atoms with E-state index in [2.05, 4.69) is 0 Å². The summed E-state index contributed by atoms with van der Waals surface area (Å²) in [6.07, 6.45) is 0. The minimum Gasteiger partial charge on any atom is -0.483 e. The minimum absolute atomic E-state index is 0. The summed E-state index contributed by atoms with van der Waals surface area (Å²) in [5.41, 5.74) is 0. The van der Waals surface area contributed by atoms with Gasteiger partial charge in [0.2, 0.25) is 0 Å². The molecule has 0 aromatic heterocycles. The van der Waals surface area contributed by atoms with Gasteiger partial charge in [-0.05, 0) is 0 Å². The number of rotatable bonds is 0. The summed E-state index contributed by atoms with van der Waals surface area (Å²) >= 11 is 0. The second-order valence-electron chi connectivity index (χ2n) is 0.105. The number of hydrogen-bond donors (Lipinski definition) is 1. The fraction of sp³-hybridized carbons (Fsp3) is 0. The van der Waals surface area contributed by atoms with E-state index in [-0.39, 0.29) is 52.0 Å². The second kappa shape index (κ2) is 9.04. The van der Waals surface area contributed by atoms with Gasteiger partial charge in [0.15, 0.2) is 0 Å². The molecule has 0 fully saturated rings. The van der Waals surface area contributed by atoms with E-state index >= 15 is 0 Å². The van der Waals surface area contributed by atoms with Gasteiger partial charge in [-0.15, -0.1) is 0 Å². The van der Waals surface area contributed by atoms with Gasteiger partial charge < -0.3 is 5.11 Å². The zero-order chi connectivity index (χ0) is 2.71. The first-order valence-electron chi connectivity index (χ1n) is 0.494. The monoisotopic (exact) mass is 134 g/mol. The van der Waals surface area contributed by atoms with Crippen LogP contribution in [0.3, 0.4) is 0 Å². The number of carboxylic acid groups (broad SMARTS) is 1. The van der Waals surface area contributed by atoms with Crippen molar-refractivity contribution in [1.82, 2.24) is 0 Å². The predicted molar refractivity (Wildman–Crippen MR) is 14.4 cm³/mol. The molecule has 3 heteroatoms. The smallest absolute Gasteiger partial charge is 0.290 e. The van der Waals surface area contributed by atoms with Crippen LogP contribution in [0.2, 0.25) is 0 Å². The molecule has 4 heavy (non-hydrogen) atoms. The number of hydrogen-bond acceptors (Lipinski definition) is 1. The molecule has 0 aliphatic rings. The van der Waals surface area contributed by atoms with E-state index in [0.717, 1.165) is 0 Å². The molecule has 20 valence electrons. The van der Waals surface area contributed by atoms with Crippen molar-refractivity contribution < 1.29 is 9.90 Å². The van der Waals surface area contributed by atoms with Gasteiger partial charge >= 0.3 is 0 Å². The molecule has 0 spiro atoms. The SMILES string of the molecule is O=CO.[Sr]. The quantitative estimate of drug-likeness (QED) is 0.351. The standard InChI is InChI=1S/CH2O2.Sr/c2-1-3;/h1H,(H,2,3);. The van der Waals surface area contributed by atoms with Gasteiger partial charge in [-0.1, -0.05) is 0 Å². The molecule has 0 heterocycles. The molecule has 0 saturated carbocycles. The first kappa shape index (κ1) is 8.87. The maximum Gasteiger partial charge on any atom is 0.290 e. The fourth-order valence-corrected chi connectivity index (χ4v) is 0. The van der Waals surface area contributed by atoms with Crippen LogP contribution in [0, 0.1) is 0 Å².